The molecule has 232 valence electrons. The van der Waals surface area contributed by atoms with E-state index in [1.165, 1.54) is 49.2 Å². The Morgan fingerprint density at radius 3 is 2.34 bits per heavy atom. The van der Waals surface area contributed by atoms with Crippen LogP contribution in [0.4, 0.5) is 25.0 Å². The van der Waals surface area contributed by atoms with Gasteiger partial charge in [0.25, 0.3) is 11.8 Å². The third kappa shape index (κ3) is 4.78. The Bertz CT molecular complexity index is 1780. The summed E-state index contributed by atoms with van der Waals surface area (Å²) in [6, 6.07) is 5.10. The molecular weight excluding hydrogens is 670 g/mol. The van der Waals surface area contributed by atoms with Crippen LogP contribution in [0.5, 0.6) is 0 Å². The molecule has 0 saturated carbocycles. The summed E-state index contributed by atoms with van der Waals surface area (Å²) in [5.74, 6) is -7.51. The van der Waals surface area contributed by atoms with E-state index in [0.29, 0.717) is 0 Å². The van der Waals surface area contributed by atoms with Crippen LogP contribution in [0, 0.1) is 12.8 Å². The summed E-state index contributed by atoms with van der Waals surface area (Å²) in [5.41, 5.74) is -2.03. The van der Waals surface area contributed by atoms with Crippen molar-refractivity contribution in [3.8, 4) is 0 Å². The number of esters is 1. The Kier molecular flexibility index (Phi) is 7.52. The van der Waals surface area contributed by atoms with Gasteiger partial charge in [0, 0.05) is 45.8 Å². The normalized spacial score (nSPS) is 23.7. The van der Waals surface area contributed by atoms with Crippen molar-refractivity contribution in [2.75, 3.05) is 23.4 Å². The molecule has 2 fully saturated rings. The number of imide groups is 1. The number of halogens is 6. The maximum atomic E-state index is 14.9. The van der Waals surface area contributed by atoms with Gasteiger partial charge in [0.05, 0.1) is 23.2 Å². The number of hydrogen-bond acceptors (Lipinski definition) is 8. The molecule has 3 aliphatic heterocycles. The SMILES string of the molecule is Cc1oc(=O)oc1COC(=O)[C@H]1C[C@@H]2CC(F)(F)CN2[C@]12C(=O)N(C(=O)N(C)c1cc(Cl)cc(Cl)c1)c1c(Cl)cc(Cl)cc12. The molecule has 2 aromatic carbocycles. The number of aryl methyl sites for hydroxylation is 1. The van der Waals surface area contributed by atoms with Gasteiger partial charge in [-0.05, 0) is 43.7 Å². The van der Waals surface area contributed by atoms with Crippen molar-refractivity contribution >= 4 is 75.7 Å². The maximum absolute atomic E-state index is 14.9. The van der Waals surface area contributed by atoms with E-state index in [1.54, 1.807) is 0 Å². The van der Waals surface area contributed by atoms with Crippen molar-refractivity contribution in [1.82, 2.24) is 4.90 Å². The third-order valence-corrected chi connectivity index (χ3v) is 9.15. The summed E-state index contributed by atoms with van der Waals surface area (Å²) in [7, 11) is 1.36. The van der Waals surface area contributed by atoms with E-state index in [-0.39, 0.29) is 55.0 Å². The van der Waals surface area contributed by atoms with Crippen molar-refractivity contribution in [2.45, 2.75) is 43.9 Å². The van der Waals surface area contributed by atoms with Crippen LogP contribution in [0.1, 0.15) is 29.9 Å². The van der Waals surface area contributed by atoms with Gasteiger partial charge < -0.3 is 13.6 Å². The van der Waals surface area contributed by atoms with E-state index in [0.717, 1.165) is 9.80 Å². The largest absolute Gasteiger partial charge is 0.519 e. The maximum Gasteiger partial charge on any atom is 0.519 e. The van der Waals surface area contributed by atoms with Gasteiger partial charge in [-0.1, -0.05) is 46.4 Å². The average Bonchev–Trinajstić information content (AvgIpc) is 3.59. The van der Waals surface area contributed by atoms with E-state index in [4.69, 9.17) is 60.0 Å². The first kappa shape index (κ1) is 30.8. The summed E-state index contributed by atoms with van der Waals surface area (Å²) < 4.78 is 45.0. The molecule has 0 unspecified atom stereocenters. The molecule has 6 rings (SSSR count). The summed E-state index contributed by atoms with van der Waals surface area (Å²) >= 11 is 25.3. The van der Waals surface area contributed by atoms with Crippen LogP contribution in [0.25, 0.3) is 0 Å². The first-order valence-electron chi connectivity index (χ1n) is 13.1. The Morgan fingerprint density at radius 2 is 1.70 bits per heavy atom. The molecule has 3 aliphatic rings. The summed E-state index contributed by atoms with van der Waals surface area (Å²) in [6.07, 6.45) is -0.847. The number of carbonyl (C=O) groups is 3. The zero-order valence-corrected chi connectivity index (χ0v) is 25.9. The second-order valence-electron chi connectivity index (χ2n) is 10.8. The van der Waals surface area contributed by atoms with Gasteiger partial charge in [0.15, 0.2) is 18.1 Å². The van der Waals surface area contributed by atoms with Gasteiger partial charge in [0.2, 0.25) is 0 Å². The topological polar surface area (TPSA) is 114 Å². The summed E-state index contributed by atoms with van der Waals surface area (Å²) in [4.78, 5) is 57.1. The lowest BCUT2D eigenvalue weighted by Gasteiger charge is -2.37. The van der Waals surface area contributed by atoms with Crippen molar-refractivity contribution in [1.29, 1.82) is 0 Å². The van der Waals surface area contributed by atoms with Crippen LogP contribution in [0.2, 0.25) is 20.1 Å². The fourth-order valence-electron chi connectivity index (χ4n) is 6.44. The Morgan fingerprint density at radius 1 is 1.05 bits per heavy atom. The van der Waals surface area contributed by atoms with Gasteiger partial charge in [0.1, 0.15) is 5.54 Å². The highest BCUT2D eigenvalue weighted by Crippen LogP contribution is 2.61. The highest BCUT2D eigenvalue weighted by Gasteiger charge is 2.72. The second-order valence-corrected chi connectivity index (χ2v) is 12.5. The molecule has 3 atom stereocenters. The number of anilines is 2. The quantitative estimate of drug-likeness (QED) is 0.288. The van der Waals surface area contributed by atoms with Crippen molar-refractivity contribution < 1.29 is 36.7 Å². The Hall–Kier alpha value is -3.16. The predicted molar refractivity (Wildman–Crippen MR) is 156 cm³/mol. The number of amides is 3. The van der Waals surface area contributed by atoms with Crippen LogP contribution in [-0.4, -0.2) is 48.4 Å². The van der Waals surface area contributed by atoms with E-state index < -0.39 is 66.7 Å². The number of alkyl halides is 2. The zero-order chi connectivity index (χ0) is 31.9. The molecule has 3 amide bonds. The molecule has 3 aromatic rings. The van der Waals surface area contributed by atoms with Crippen molar-refractivity contribution in [2.24, 2.45) is 5.92 Å². The number of carbonyl (C=O) groups excluding carboxylic acids is 3. The third-order valence-electron chi connectivity index (χ3n) is 8.21. The second kappa shape index (κ2) is 10.7. The monoisotopic (exact) mass is 689 g/mol. The van der Waals surface area contributed by atoms with Crippen LogP contribution in [0.3, 0.4) is 0 Å². The lowest BCUT2D eigenvalue weighted by atomic mass is 9.78. The fraction of sp³-hybridized carbons (Fsp3) is 0.357. The van der Waals surface area contributed by atoms with Gasteiger partial charge in [-0.25, -0.2) is 23.3 Å². The molecule has 0 bridgehead atoms. The minimum atomic E-state index is -3.20. The van der Waals surface area contributed by atoms with Crippen LogP contribution < -0.4 is 15.6 Å². The lowest BCUT2D eigenvalue weighted by Crippen LogP contribution is -2.57. The molecule has 0 aliphatic carbocycles. The standard InChI is InChI=1S/C28H21Cl4F2N3O7/c1-12-21(44-26(41)43-12)10-42-23(38)19-8-17-9-27(33,34)11-36(17)28(19)18-6-15(31)7-20(32)22(18)37(24(28)39)25(40)35(2)16-4-13(29)3-14(30)5-16/h3-7,17,19H,8-11H2,1-2H3/t17-,19-,28+/m1/s1. The van der Waals surface area contributed by atoms with E-state index in [1.807, 2.05) is 0 Å². The van der Waals surface area contributed by atoms with Crippen molar-refractivity contribution in [3.05, 3.63) is 78.1 Å². The molecule has 2 saturated heterocycles. The number of ether oxygens (including phenoxy) is 1. The zero-order valence-electron chi connectivity index (χ0n) is 22.8. The van der Waals surface area contributed by atoms with Crippen LogP contribution >= 0.6 is 46.4 Å². The van der Waals surface area contributed by atoms with Crippen molar-refractivity contribution in [3.63, 3.8) is 0 Å². The molecule has 44 heavy (non-hydrogen) atoms. The molecule has 1 spiro atoms. The van der Waals surface area contributed by atoms with Crippen LogP contribution in [0.15, 0.2) is 44.0 Å². The number of fused-ring (bicyclic) bond motifs is 4. The predicted octanol–water partition coefficient (Wildman–Crippen LogP) is 6.43. The van der Waals surface area contributed by atoms with Gasteiger partial charge in [-0.2, -0.15) is 0 Å². The van der Waals surface area contributed by atoms with E-state index in [2.05, 4.69) is 0 Å². The van der Waals surface area contributed by atoms with Gasteiger partial charge in [-0.15, -0.1) is 0 Å². The smallest absolute Gasteiger partial charge is 0.457 e. The first-order chi connectivity index (χ1) is 20.6. The number of rotatable bonds is 4. The van der Waals surface area contributed by atoms with Crippen LogP contribution in [-0.2, 0) is 26.5 Å². The molecule has 0 N–H and O–H groups in total. The number of nitrogens with zero attached hydrogens (tertiary/aromatic N) is 3. The molecule has 0 radical (unpaired) electrons. The molecule has 16 heteroatoms. The highest BCUT2D eigenvalue weighted by molar-refractivity contribution is 6.40. The Labute approximate surface area is 267 Å². The van der Waals surface area contributed by atoms with E-state index in [9.17, 15) is 28.0 Å². The number of urea groups is 1. The summed E-state index contributed by atoms with van der Waals surface area (Å²) in [6.45, 7) is 0.0213. The molecule has 4 heterocycles. The molecule has 1 aromatic heterocycles. The highest BCUT2D eigenvalue weighted by atomic mass is 35.5. The van der Waals surface area contributed by atoms with Gasteiger partial charge >= 0.3 is 17.8 Å². The van der Waals surface area contributed by atoms with E-state index >= 15 is 0 Å². The number of benzene rings is 2. The Balaban J connectivity index is 1.48. The minimum absolute atomic E-state index is 0.000880. The van der Waals surface area contributed by atoms with Gasteiger partial charge in [-0.3, -0.25) is 19.4 Å². The summed E-state index contributed by atoms with van der Waals surface area (Å²) in [5, 5.41) is 0.348. The minimum Gasteiger partial charge on any atom is -0.457 e. The number of hydrogen-bond donors (Lipinski definition) is 0. The molecular formula is C28H21Cl4F2N3O7. The lowest BCUT2D eigenvalue weighted by molar-refractivity contribution is -0.158. The fourth-order valence-corrected chi connectivity index (χ4v) is 7.53. The average molecular weight is 691 g/mol. The first-order valence-corrected chi connectivity index (χ1v) is 14.6. The molecule has 10 nitrogen and oxygen atoms in total.